The summed E-state index contributed by atoms with van der Waals surface area (Å²) in [6, 6.07) is 8.37. The Labute approximate surface area is 138 Å². The fraction of sp³-hybridized carbons (Fsp3) is 0.375. The van der Waals surface area contributed by atoms with Crippen LogP contribution in [0.5, 0.6) is 0 Å². The van der Waals surface area contributed by atoms with Crippen LogP contribution in [0.15, 0.2) is 41.1 Å². The molecule has 0 aliphatic carbocycles. The molecule has 0 spiro atoms. The van der Waals surface area contributed by atoms with Crippen LogP contribution in [-0.2, 0) is 0 Å². The Kier molecular flexibility index (Phi) is 4.59. The van der Waals surface area contributed by atoms with E-state index in [4.69, 9.17) is 0 Å². The van der Waals surface area contributed by atoms with Gasteiger partial charge in [-0.15, -0.1) is 0 Å². The number of piperidine rings is 1. The fourth-order valence-electron chi connectivity index (χ4n) is 2.72. The van der Waals surface area contributed by atoms with E-state index >= 15 is 0 Å². The van der Waals surface area contributed by atoms with Crippen molar-refractivity contribution in [1.82, 2.24) is 20.0 Å². The minimum absolute atomic E-state index is 0.0675. The summed E-state index contributed by atoms with van der Waals surface area (Å²) in [4.78, 5) is 14.5. The third kappa shape index (κ3) is 3.23. The van der Waals surface area contributed by atoms with Crippen LogP contribution in [0.3, 0.4) is 0 Å². The first-order valence-electron chi connectivity index (χ1n) is 7.44. The molecule has 0 radical (unpaired) electrons. The number of rotatable bonds is 3. The second kappa shape index (κ2) is 6.62. The lowest BCUT2D eigenvalue weighted by molar-refractivity contribution is 0.0707. The van der Waals surface area contributed by atoms with Gasteiger partial charge in [0, 0.05) is 29.8 Å². The van der Waals surface area contributed by atoms with E-state index in [-0.39, 0.29) is 5.91 Å². The molecule has 1 aliphatic rings. The topological polar surface area (TPSA) is 50.2 Å². The smallest absolute Gasteiger partial charge is 0.257 e. The predicted octanol–water partition coefficient (Wildman–Crippen LogP) is 2.46. The number of carbonyl (C=O) groups is 1. The second-order valence-electron chi connectivity index (χ2n) is 5.51. The first-order valence-corrected chi connectivity index (χ1v) is 8.24. The molecule has 2 aromatic rings. The van der Waals surface area contributed by atoms with E-state index in [0.29, 0.717) is 11.6 Å². The van der Waals surface area contributed by atoms with Gasteiger partial charge in [-0.05, 0) is 44.2 Å². The fourth-order valence-corrected chi connectivity index (χ4v) is 2.99. The quantitative estimate of drug-likeness (QED) is 0.912. The Bertz CT molecular complexity index is 644. The number of hydrogen-bond donors (Lipinski definition) is 1. The molecule has 0 unspecified atom stereocenters. The molecule has 116 valence electrons. The largest absolute Gasteiger partial charge is 0.338 e. The van der Waals surface area contributed by atoms with Gasteiger partial charge in [-0.3, -0.25) is 4.79 Å². The van der Waals surface area contributed by atoms with E-state index in [9.17, 15) is 4.79 Å². The molecule has 6 heteroatoms. The third-order valence-corrected chi connectivity index (χ3v) is 4.64. The molecule has 22 heavy (non-hydrogen) atoms. The SMILES string of the molecule is CNC1CCN(C(=O)c2cnn(-c3ccc(Br)cc3)c2)CC1. The van der Waals surface area contributed by atoms with Crippen LogP contribution in [0.2, 0.25) is 0 Å². The lowest BCUT2D eigenvalue weighted by Crippen LogP contribution is -2.43. The molecule has 0 bridgehead atoms. The highest BCUT2D eigenvalue weighted by Gasteiger charge is 2.23. The van der Waals surface area contributed by atoms with Gasteiger partial charge in [-0.25, -0.2) is 4.68 Å². The lowest BCUT2D eigenvalue weighted by atomic mass is 10.0. The normalized spacial score (nSPS) is 16.0. The minimum Gasteiger partial charge on any atom is -0.338 e. The Hall–Kier alpha value is -1.66. The lowest BCUT2D eigenvalue weighted by Gasteiger charge is -2.31. The van der Waals surface area contributed by atoms with Crippen LogP contribution < -0.4 is 5.32 Å². The molecule has 1 aliphatic heterocycles. The number of benzene rings is 1. The van der Waals surface area contributed by atoms with Gasteiger partial charge in [-0.2, -0.15) is 5.10 Å². The molecular formula is C16H19BrN4O. The third-order valence-electron chi connectivity index (χ3n) is 4.11. The van der Waals surface area contributed by atoms with Crippen molar-refractivity contribution in [3.63, 3.8) is 0 Å². The Morgan fingerprint density at radius 3 is 2.59 bits per heavy atom. The Morgan fingerprint density at radius 2 is 1.95 bits per heavy atom. The molecule has 2 heterocycles. The molecule has 1 amide bonds. The van der Waals surface area contributed by atoms with E-state index < -0.39 is 0 Å². The number of amides is 1. The van der Waals surface area contributed by atoms with Gasteiger partial charge in [-0.1, -0.05) is 15.9 Å². The van der Waals surface area contributed by atoms with E-state index in [0.717, 1.165) is 36.1 Å². The zero-order valence-electron chi connectivity index (χ0n) is 12.5. The zero-order chi connectivity index (χ0) is 15.5. The highest BCUT2D eigenvalue weighted by Crippen LogP contribution is 2.16. The summed E-state index contributed by atoms with van der Waals surface area (Å²) in [5.74, 6) is 0.0675. The Balaban J connectivity index is 1.71. The van der Waals surface area contributed by atoms with Gasteiger partial charge >= 0.3 is 0 Å². The maximum atomic E-state index is 12.5. The summed E-state index contributed by atoms with van der Waals surface area (Å²) in [7, 11) is 1.98. The summed E-state index contributed by atoms with van der Waals surface area (Å²) < 4.78 is 2.76. The van der Waals surface area contributed by atoms with Gasteiger partial charge in [0.2, 0.25) is 0 Å². The average Bonchev–Trinajstić information content (AvgIpc) is 3.05. The van der Waals surface area contributed by atoms with Crippen molar-refractivity contribution in [3.8, 4) is 5.69 Å². The van der Waals surface area contributed by atoms with Gasteiger partial charge in [0.25, 0.3) is 5.91 Å². The number of carbonyl (C=O) groups excluding carboxylic acids is 1. The summed E-state index contributed by atoms with van der Waals surface area (Å²) in [5, 5.41) is 7.58. The van der Waals surface area contributed by atoms with Gasteiger partial charge in [0.1, 0.15) is 0 Å². The minimum atomic E-state index is 0.0675. The number of nitrogens with zero attached hydrogens (tertiary/aromatic N) is 3. The Morgan fingerprint density at radius 1 is 1.27 bits per heavy atom. The van der Waals surface area contributed by atoms with Crippen molar-refractivity contribution in [2.24, 2.45) is 0 Å². The summed E-state index contributed by atoms with van der Waals surface area (Å²) in [5.41, 5.74) is 1.59. The highest BCUT2D eigenvalue weighted by atomic mass is 79.9. The second-order valence-corrected chi connectivity index (χ2v) is 6.42. The predicted molar refractivity (Wildman–Crippen MR) is 89.2 cm³/mol. The first-order chi connectivity index (χ1) is 10.7. The maximum absolute atomic E-state index is 12.5. The average molecular weight is 363 g/mol. The molecule has 1 aromatic heterocycles. The van der Waals surface area contributed by atoms with Crippen LogP contribution >= 0.6 is 15.9 Å². The van der Waals surface area contributed by atoms with E-state index in [1.54, 1.807) is 17.1 Å². The highest BCUT2D eigenvalue weighted by molar-refractivity contribution is 9.10. The van der Waals surface area contributed by atoms with Crippen molar-refractivity contribution in [2.75, 3.05) is 20.1 Å². The van der Waals surface area contributed by atoms with Crippen LogP contribution in [0.1, 0.15) is 23.2 Å². The first kappa shape index (κ1) is 15.2. The van der Waals surface area contributed by atoms with Crippen molar-refractivity contribution < 1.29 is 4.79 Å². The van der Waals surface area contributed by atoms with Crippen molar-refractivity contribution in [1.29, 1.82) is 0 Å². The number of likely N-dealkylation sites (tertiary alicyclic amines) is 1. The summed E-state index contributed by atoms with van der Waals surface area (Å²) >= 11 is 3.41. The number of hydrogen-bond acceptors (Lipinski definition) is 3. The van der Waals surface area contributed by atoms with E-state index in [1.807, 2.05) is 36.2 Å². The summed E-state index contributed by atoms with van der Waals surface area (Å²) in [6.45, 7) is 1.60. The van der Waals surface area contributed by atoms with Crippen LogP contribution in [0, 0.1) is 0 Å². The molecule has 1 fully saturated rings. The van der Waals surface area contributed by atoms with Crippen LogP contribution in [0.25, 0.3) is 5.69 Å². The van der Waals surface area contributed by atoms with Crippen LogP contribution in [0.4, 0.5) is 0 Å². The number of halogens is 1. The molecule has 1 N–H and O–H groups in total. The standard InChI is InChI=1S/C16H19BrN4O/c1-18-14-6-8-20(9-7-14)16(22)12-10-19-21(11-12)15-4-2-13(17)3-5-15/h2-5,10-11,14,18H,6-9H2,1H3. The van der Waals surface area contributed by atoms with Crippen molar-refractivity contribution in [2.45, 2.75) is 18.9 Å². The molecule has 3 rings (SSSR count). The molecule has 0 saturated carbocycles. The molecule has 1 aromatic carbocycles. The van der Waals surface area contributed by atoms with Gasteiger partial charge in [0.05, 0.1) is 17.4 Å². The van der Waals surface area contributed by atoms with Crippen molar-refractivity contribution in [3.05, 3.63) is 46.7 Å². The molecule has 1 saturated heterocycles. The summed E-state index contributed by atoms with van der Waals surface area (Å²) in [6.07, 6.45) is 5.45. The monoisotopic (exact) mass is 362 g/mol. The van der Waals surface area contributed by atoms with Gasteiger partial charge < -0.3 is 10.2 Å². The zero-order valence-corrected chi connectivity index (χ0v) is 14.1. The molecule has 0 atom stereocenters. The number of aromatic nitrogens is 2. The van der Waals surface area contributed by atoms with Crippen LogP contribution in [-0.4, -0.2) is 46.8 Å². The van der Waals surface area contributed by atoms with E-state index in [1.165, 1.54) is 0 Å². The van der Waals surface area contributed by atoms with Crippen molar-refractivity contribution >= 4 is 21.8 Å². The maximum Gasteiger partial charge on any atom is 0.257 e. The molecule has 5 nitrogen and oxygen atoms in total. The number of nitrogens with one attached hydrogen (secondary N) is 1. The van der Waals surface area contributed by atoms with Gasteiger partial charge in [0.15, 0.2) is 0 Å². The van der Waals surface area contributed by atoms with E-state index in [2.05, 4.69) is 26.3 Å². The molecular weight excluding hydrogens is 344 g/mol.